The van der Waals surface area contributed by atoms with Gasteiger partial charge in [-0.05, 0) is 12.5 Å². The molecule has 0 aliphatic rings. The monoisotopic (exact) mass is 213 g/mol. The summed E-state index contributed by atoms with van der Waals surface area (Å²) in [6.07, 6.45) is 0.522. The first kappa shape index (κ1) is 8.75. The van der Waals surface area contributed by atoms with Crippen LogP contribution in [0.15, 0.2) is 30.3 Å². The van der Waals surface area contributed by atoms with Crippen LogP contribution in [0.5, 0.6) is 0 Å². The van der Waals surface area contributed by atoms with Gasteiger partial charge in [0.2, 0.25) is 0 Å². The molecule has 0 heterocycles. The smallest absolute Gasteiger partial charge is 0.159 e. The van der Waals surface area contributed by atoms with Crippen LogP contribution in [0.25, 0.3) is 0 Å². The normalized spacial score (nSPS) is 15.9. The van der Waals surface area contributed by atoms with Crippen molar-refractivity contribution in [1.29, 1.82) is 0 Å². The number of hydrogen-bond acceptors (Lipinski definition) is 0. The Labute approximate surface area is 75.2 Å². The minimum Gasteiger partial charge on any atom is -0.217 e. The van der Waals surface area contributed by atoms with Crippen LogP contribution >= 0.6 is 15.9 Å². The molecule has 0 aromatic heterocycles. The third kappa shape index (κ3) is 3.54. The fourth-order valence-electron chi connectivity index (χ4n) is 0.960. The highest BCUT2D eigenvalue weighted by atomic mass is 79.9. The van der Waals surface area contributed by atoms with Crippen LogP contribution in [-0.4, -0.2) is 4.51 Å². The lowest BCUT2D eigenvalue weighted by Gasteiger charge is -2.11. The minimum atomic E-state index is -1.03. The van der Waals surface area contributed by atoms with Crippen LogP contribution in [-0.2, 0) is 11.5 Å². The Morgan fingerprint density at radius 3 is 2.36 bits per heavy atom. The molecule has 0 spiro atoms. The second-order valence-electron chi connectivity index (χ2n) is 2.76. The number of alkyl halides is 1. The number of rotatable bonds is 2. The predicted molar refractivity (Wildman–Crippen MR) is 48.2 cm³/mol. The van der Waals surface area contributed by atoms with Gasteiger partial charge in [0.15, 0.2) is 4.51 Å². The third-order valence-corrected chi connectivity index (χ3v) is 1.64. The molecule has 1 aromatic rings. The van der Waals surface area contributed by atoms with Crippen LogP contribution in [0.3, 0.4) is 0 Å². The molecule has 0 saturated carbocycles. The molecule has 2 heteroatoms. The van der Waals surface area contributed by atoms with Crippen molar-refractivity contribution in [2.75, 3.05) is 0 Å². The van der Waals surface area contributed by atoms with E-state index in [9.17, 15) is 5.11 Å². The fraction of sp³-hybridized carbons (Fsp3) is 0.333. The lowest BCUT2D eigenvalue weighted by Crippen LogP contribution is -2.15. The Balaban J connectivity index is 2.66. The summed E-state index contributed by atoms with van der Waals surface area (Å²) >= 11 is 3.06. The first-order valence-electron chi connectivity index (χ1n) is 3.51. The summed E-state index contributed by atoms with van der Waals surface area (Å²) in [5.41, 5.74) is 1.07. The van der Waals surface area contributed by atoms with Crippen LogP contribution in [0, 0.1) is 0 Å². The molecule has 11 heavy (non-hydrogen) atoms. The quantitative estimate of drug-likeness (QED) is 0.674. The van der Waals surface area contributed by atoms with Crippen LogP contribution in [0.2, 0.25) is 0 Å². The Bertz CT molecular complexity index is 213. The van der Waals surface area contributed by atoms with E-state index in [0.29, 0.717) is 6.42 Å². The molecule has 59 valence electrons. The highest BCUT2D eigenvalue weighted by molar-refractivity contribution is 9.10. The fourth-order valence-corrected chi connectivity index (χ4v) is 1.28. The van der Waals surface area contributed by atoms with Gasteiger partial charge in [-0.2, -0.15) is 0 Å². The molecule has 0 saturated heterocycles. The minimum absolute atomic E-state index is 0.522. The van der Waals surface area contributed by atoms with Crippen molar-refractivity contribution in [3.05, 3.63) is 35.9 Å². The van der Waals surface area contributed by atoms with Gasteiger partial charge in [0, 0.05) is 6.42 Å². The van der Waals surface area contributed by atoms with E-state index in [2.05, 4.69) is 15.9 Å². The zero-order valence-electron chi connectivity index (χ0n) is 6.38. The molecular weight excluding hydrogens is 204 g/mol. The van der Waals surface area contributed by atoms with E-state index in [1.165, 1.54) is 0 Å². The molecule has 0 aliphatic heterocycles. The summed E-state index contributed by atoms with van der Waals surface area (Å²) in [4.78, 5) is 0. The summed E-state index contributed by atoms with van der Waals surface area (Å²) in [6.45, 7) is 1.62. The molecule has 0 aliphatic carbocycles. The first-order valence-corrected chi connectivity index (χ1v) is 4.30. The van der Waals surface area contributed by atoms with Crippen molar-refractivity contribution in [2.24, 2.45) is 0 Å². The van der Waals surface area contributed by atoms with Gasteiger partial charge in [-0.3, -0.25) is 0 Å². The first-order chi connectivity index (χ1) is 5.08. The lowest BCUT2D eigenvalue weighted by atomic mass is 10.1. The Hall–Kier alpha value is -0.340. The van der Waals surface area contributed by atoms with Crippen molar-refractivity contribution >= 4 is 15.9 Å². The maximum Gasteiger partial charge on any atom is 0.159 e. The van der Waals surface area contributed by atoms with Gasteiger partial charge in [-0.25, -0.2) is 5.11 Å². The average Bonchev–Trinajstić information content (AvgIpc) is 1.85. The highest BCUT2D eigenvalue weighted by Crippen LogP contribution is 2.19. The van der Waals surface area contributed by atoms with E-state index < -0.39 is 4.51 Å². The Morgan fingerprint density at radius 2 is 1.91 bits per heavy atom. The summed E-state index contributed by atoms with van der Waals surface area (Å²) in [5, 5.41) is 11.2. The summed E-state index contributed by atoms with van der Waals surface area (Å²) < 4.78 is -1.03. The van der Waals surface area contributed by atoms with E-state index in [1.54, 1.807) is 6.92 Å². The van der Waals surface area contributed by atoms with Gasteiger partial charge >= 0.3 is 0 Å². The van der Waals surface area contributed by atoms with Gasteiger partial charge in [-0.15, -0.1) is 0 Å². The molecule has 1 rings (SSSR count). The van der Waals surface area contributed by atoms with E-state index in [-0.39, 0.29) is 0 Å². The van der Waals surface area contributed by atoms with Gasteiger partial charge < -0.3 is 0 Å². The van der Waals surface area contributed by atoms with Crippen LogP contribution < -0.4 is 0 Å². The number of benzene rings is 1. The van der Waals surface area contributed by atoms with Gasteiger partial charge in [0.25, 0.3) is 0 Å². The second-order valence-corrected chi connectivity index (χ2v) is 4.44. The molecule has 1 nitrogen and oxygen atoms in total. The topological polar surface area (TPSA) is 19.9 Å². The van der Waals surface area contributed by atoms with Gasteiger partial charge in [-0.1, -0.05) is 46.3 Å². The van der Waals surface area contributed by atoms with E-state index in [1.807, 2.05) is 30.3 Å². The largest absolute Gasteiger partial charge is 0.217 e. The molecule has 0 bridgehead atoms. The molecular formula is C9H10BrO. The van der Waals surface area contributed by atoms with Crippen LogP contribution in [0.4, 0.5) is 0 Å². The molecule has 0 fully saturated rings. The standard InChI is InChI=1S/C9H10BrO/c1-9(10,11)7-8-5-3-2-4-6-8/h2-6H,7H2,1H3. The summed E-state index contributed by atoms with van der Waals surface area (Å²) in [5.74, 6) is 0. The van der Waals surface area contributed by atoms with Crippen LogP contribution in [0.1, 0.15) is 12.5 Å². The Kier molecular flexibility index (Phi) is 2.68. The molecule has 0 amide bonds. The van der Waals surface area contributed by atoms with Gasteiger partial charge in [0.1, 0.15) is 0 Å². The molecule has 1 atom stereocenters. The maximum atomic E-state index is 11.2. The van der Waals surface area contributed by atoms with Crippen molar-refractivity contribution in [3.63, 3.8) is 0 Å². The van der Waals surface area contributed by atoms with Crippen molar-refractivity contribution in [3.8, 4) is 0 Å². The average molecular weight is 214 g/mol. The maximum absolute atomic E-state index is 11.2. The molecule has 1 radical (unpaired) electrons. The summed E-state index contributed by atoms with van der Waals surface area (Å²) in [7, 11) is 0. The SMILES string of the molecule is CC([O])(Br)Cc1ccccc1. The zero-order chi connectivity index (χ0) is 8.32. The lowest BCUT2D eigenvalue weighted by molar-refractivity contribution is 0.0795. The summed E-state index contributed by atoms with van der Waals surface area (Å²) in [6, 6.07) is 9.73. The Morgan fingerprint density at radius 1 is 1.36 bits per heavy atom. The highest BCUT2D eigenvalue weighted by Gasteiger charge is 2.17. The number of halogens is 1. The van der Waals surface area contributed by atoms with E-state index in [4.69, 9.17) is 0 Å². The van der Waals surface area contributed by atoms with Crippen molar-refractivity contribution in [2.45, 2.75) is 17.9 Å². The van der Waals surface area contributed by atoms with E-state index in [0.717, 1.165) is 5.56 Å². The third-order valence-electron chi connectivity index (χ3n) is 1.36. The van der Waals surface area contributed by atoms with Crippen molar-refractivity contribution < 1.29 is 5.11 Å². The zero-order valence-corrected chi connectivity index (χ0v) is 7.97. The molecule has 1 aromatic carbocycles. The predicted octanol–water partition coefficient (Wildman–Crippen LogP) is 2.77. The molecule has 1 unspecified atom stereocenters. The van der Waals surface area contributed by atoms with E-state index >= 15 is 0 Å². The van der Waals surface area contributed by atoms with Crippen molar-refractivity contribution in [1.82, 2.24) is 0 Å². The van der Waals surface area contributed by atoms with Gasteiger partial charge in [0.05, 0.1) is 0 Å². The second kappa shape index (κ2) is 3.37. The number of hydrogen-bond donors (Lipinski definition) is 0. The molecule has 0 N–H and O–H groups in total.